The van der Waals surface area contributed by atoms with E-state index in [0.29, 0.717) is 31.8 Å². The molecule has 3 heterocycles. The lowest BCUT2D eigenvalue weighted by molar-refractivity contribution is -0.132. The Labute approximate surface area is 175 Å². The van der Waals surface area contributed by atoms with Gasteiger partial charge in [-0.25, -0.2) is 9.78 Å². The van der Waals surface area contributed by atoms with Crippen LogP contribution in [0, 0.1) is 6.92 Å². The molecule has 158 valence electrons. The number of amides is 1. The topological polar surface area (TPSA) is 69.4 Å². The van der Waals surface area contributed by atoms with E-state index in [4.69, 9.17) is 4.74 Å². The Balaban J connectivity index is 1.59. The van der Waals surface area contributed by atoms with Crippen molar-refractivity contribution >= 4 is 17.1 Å². The Hall–Kier alpha value is -2.93. The molecule has 7 heteroatoms. The summed E-state index contributed by atoms with van der Waals surface area (Å²) in [4.78, 5) is 32.6. The Morgan fingerprint density at radius 3 is 2.93 bits per heavy atom. The standard InChI is InChI=1S/C23H28N4O3/c1-17-6-3-7-18(14-17)15-21(28)25-11-5-8-19(16-25)27-22-20(9-4-10-24-22)26(23(27)29)12-13-30-2/h3-4,6-7,9-10,14,19H,5,8,11-13,15-16H2,1-2H3/t19-/m0/s1. The molecule has 0 aliphatic carbocycles. The summed E-state index contributed by atoms with van der Waals surface area (Å²) in [7, 11) is 1.63. The number of hydrogen-bond donors (Lipinski definition) is 0. The summed E-state index contributed by atoms with van der Waals surface area (Å²) in [6.45, 7) is 4.23. The summed E-state index contributed by atoms with van der Waals surface area (Å²) < 4.78 is 8.67. The van der Waals surface area contributed by atoms with Crippen molar-refractivity contribution in [2.75, 3.05) is 26.8 Å². The lowest BCUT2D eigenvalue weighted by Gasteiger charge is -2.33. The van der Waals surface area contributed by atoms with E-state index in [1.165, 1.54) is 0 Å². The minimum atomic E-state index is -0.0845. The number of imidazole rings is 1. The third-order valence-electron chi connectivity index (χ3n) is 5.79. The average Bonchev–Trinajstić information content (AvgIpc) is 3.03. The van der Waals surface area contributed by atoms with Gasteiger partial charge in [0, 0.05) is 26.4 Å². The van der Waals surface area contributed by atoms with Crippen molar-refractivity contribution in [2.24, 2.45) is 0 Å². The highest BCUT2D eigenvalue weighted by Gasteiger charge is 2.28. The second-order valence-electron chi connectivity index (χ2n) is 7.94. The van der Waals surface area contributed by atoms with E-state index in [0.717, 1.165) is 36.0 Å². The number of carbonyl (C=O) groups excluding carboxylic acids is 1. The molecule has 0 bridgehead atoms. The van der Waals surface area contributed by atoms with Gasteiger partial charge in [0.15, 0.2) is 5.65 Å². The quantitative estimate of drug-likeness (QED) is 0.629. The van der Waals surface area contributed by atoms with Crippen LogP contribution in [0.5, 0.6) is 0 Å². The van der Waals surface area contributed by atoms with Crippen LogP contribution in [0.4, 0.5) is 0 Å². The number of likely N-dealkylation sites (tertiary alicyclic amines) is 1. The molecule has 1 amide bonds. The molecule has 7 nitrogen and oxygen atoms in total. The predicted octanol–water partition coefficient (Wildman–Crippen LogP) is 2.56. The van der Waals surface area contributed by atoms with Crippen molar-refractivity contribution in [3.63, 3.8) is 0 Å². The molecule has 1 aliphatic heterocycles. The highest BCUT2D eigenvalue weighted by Crippen LogP contribution is 2.24. The number of piperidine rings is 1. The maximum Gasteiger partial charge on any atom is 0.330 e. The van der Waals surface area contributed by atoms with Gasteiger partial charge in [0.2, 0.25) is 5.91 Å². The fourth-order valence-corrected chi connectivity index (χ4v) is 4.34. The third kappa shape index (κ3) is 4.03. The fraction of sp³-hybridized carbons (Fsp3) is 0.435. The van der Waals surface area contributed by atoms with Crippen LogP contribution in [-0.2, 0) is 22.5 Å². The Morgan fingerprint density at radius 1 is 1.27 bits per heavy atom. The highest BCUT2D eigenvalue weighted by molar-refractivity contribution is 5.79. The number of pyridine rings is 1. The zero-order valence-corrected chi connectivity index (χ0v) is 17.6. The van der Waals surface area contributed by atoms with E-state index in [2.05, 4.69) is 11.1 Å². The lowest BCUT2D eigenvalue weighted by Crippen LogP contribution is -2.43. The van der Waals surface area contributed by atoms with Crippen molar-refractivity contribution in [2.45, 2.75) is 38.8 Å². The van der Waals surface area contributed by atoms with Gasteiger partial charge in [0.25, 0.3) is 0 Å². The first kappa shape index (κ1) is 20.3. The van der Waals surface area contributed by atoms with Crippen molar-refractivity contribution in [3.05, 3.63) is 64.2 Å². The van der Waals surface area contributed by atoms with Gasteiger partial charge in [-0.3, -0.25) is 13.9 Å². The molecular weight excluding hydrogens is 380 g/mol. The number of rotatable bonds is 6. The molecule has 3 aromatic rings. The second-order valence-corrected chi connectivity index (χ2v) is 7.94. The third-order valence-corrected chi connectivity index (χ3v) is 5.79. The Kier molecular flexibility index (Phi) is 5.99. The number of methoxy groups -OCH3 is 1. The van der Waals surface area contributed by atoms with E-state index < -0.39 is 0 Å². The van der Waals surface area contributed by atoms with Crippen LogP contribution in [0.15, 0.2) is 47.4 Å². The van der Waals surface area contributed by atoms with Crippen molar-refractivity contribution in [3.8, 4) is 0 Å². The zero-order valence-electron chi connectivity index (χ0n) is 17.6. The highest BCUT2D eigenvalue weighted by atomic mass is 16.5. The molecule has 0 saturated carbocycles. The molecule has 2 aromatic heterocycles. The van der Waals surface area contributed by atoms with Crippen LogP contribution in [-0.4, -0.2) is 51.7 Å². The van der Waals surface area contributed by atoms with E-state index in [-0.39, 0.29) is 17.6 Å². The molecule has 30 heavy (non-hydrogen) atoms. The lowest BCUT2D eigenvalue weighted by atomic mass is 10.0. The van der Waals surface area contributed by atoms with Gasteiger partial charge in [-0.2, -0.15) is 0 Å². The molecular formula is C23H28N4O3. The minimum Gasteiger partial charge on any atom is -0.383 e. The van der Waals surface area contributed by atoms with Crippen molar-refractivity contribution < 1.29 is 9.53 Å². The number of carbonyl (C=O) groups is 1. The van der Waals surface area contributed by atoms with E-state index in [9.17, 15) is 9.59 Å². The number of aromatic nitrogens is 3. The van der Waals surface area contributed by atoms with Crippen molar-refractivity contribution in [1.82, 2.24) is 19.0 Å². The molecule has 0 N–H and O–H groups in total. The maximum atomic E-state index is 13.2. The summed E-state index contributed by atoms with van der Waals surface area (Å²) in [6, 6.07) is 11.7. The number of fused-ring (bicyclic) bond motifs is 1. The molecule has 4 rings (SSSR count). The van der Waals surface area contributed by atoms with Crippen LogP contribution in [0.2, 0.25) is 0 Å². The number of hydrogen-bond acceptors (Lipinski definition) is 4. The van der Waals surface area contributed by atoms with Crippen LogP contribution in [0.1, 0.15) is 30.0 Å². The van der Waals surface area contributed by atoms with Gasteiger partial charge in [0.05, 0.1) is 31.1 Å². The summed E-state index contributed by atoms with van der Waals surface area (Å²) in [5.74, 6) is 0.106. The normalized spacial score (nSPS) is 16.9. The molecule has 0 radical (unpaired) electrons. The molecule has 1 saturated heterocycles. The van der Waals surface area contributed by atoms with Gasteiger partial charge in [0.1, 0.15) is 0 Å². The van der Waals surface area contributed by atoms with E-state index >= 15 is 0 Å². The monoisotopic (exact) mass is 408 g/mol. The summed E-state index contributed by atoms with van der Waals surface area (Å²) in [5.41, 5.74) is 3.58. The van der Waals surface area contributed by atoms with Crippen molar-refractivity contribution in [1.29, 1.82) is 0 Å². The average molecular weight is 409 g/mol. The Bertz CT molecular complexity index is 1100. The van der Waals surface area contributed by atoms with E-state index in [1.807, 2.05) is 42.2 Å². The largest absolute Gasteiger partial charge is 0.383 e. The van der Waals surface area contributed by atoms with Gasteiger partial charge in [-0.1, -0.05) is 29.8 Å². The minimum absolute atomic E-state index is 0.0751. The SMILES string of the molecule is COCCn1c(=O)n([C@H]2CCCN(C(=O)Cc3cccc(C)c3)C2)c2ncccc21. The second kappa shape index (κ2) is 8.83. The number of benzene rings is 1. The van der Waals surface area contributed by atoms with Crippen LogP contribution >= 0.6 is 0 Å². The molecule has 0 spiro atoms. The summed E-state index contributed by atoms with van der Waals surface area (Å²) >= 11 is 0. The first-order chi connectivity index (χ1) is 14.6. The van der Waals surface area contributed by atoms with E-state index in [1.54, 1.807) is 22.4 Å². The summed E-state index contributed by atoms with van der Waals surface area (Å²) in [6.07, 6.45) is 3.82. The molecule has 1 aromatic carbocycles. The smallest absolute Gasteiger partial charge is 0.330 e. The number of ether oxygens (including phenoxy) is 1. The molecule has 1 atom stereocenters. The van der Waals surface area contributed by atoms with Gasteiger partial charge >= 0.3 is 5.69 Å². The molecule has 0 unspecified atom stereocenters. The first-order valence-corrected chi connectivity index (χ1v) is 10.5. The van der Waals surface area contributed by atoms with Gasteiger partial charge < -0.3 is 9.64 Å². The van der Waals surface area contributed by atoms with Gasteiger partial charge in [-0.05, 0) is 37.5 Å². The zero-order chi connectivity index (χ0) is 21.1. The first-order valence-electron chi connectivity index (χ1n) is 10.5. The van der Waals surface area contributed by atoms with Crippen LogP contribution in [0.25, 0.3) is 11.2 Å². The molecule has 1 fully saturated rings. The predicted molar refractivity (Wildman–Crippen MR) is 116 cm³/mol. The van der Waals surface area contributed by atoms with Crippen LogP contribution < -0.4 is 5.69 Å². The van der Waals surface area contributed by atoms with Gasteiger partial charge in [-0.15, -0.1) is 0 Å². The van der Waals surface area contributed by atoms with Crippen LogP contribution in [0.3, 0.4) is 0 Å². The summed E-state index contributed by atoms with van der Waals surface area (Å²) in [5, 5.41) is 0. The maximum absolute atomic E-state index is 13.2. The Morgan fingerprint density at radius 2 is 2.13 bits per heavy atom. The molecule has 1 aliphatic rings. The number of aryl methyl sites for hydroxylation is 1. The number of nitrogens with zero attached hydrogens (tertiary/aromatic N) is 4. The fourth-order valence-electron chi connectivity index (χ4n) is 4.34.